The second-order valence-electron chi connectivity index (χ2n) is 8.07. The van der Waals surface area contributed by atoms with Gasteiger partial charge in [0.2, 0.25) is 0 Å². The van der Waals surface area contributed by atoms with Crippen molar-refractivity contribution in [3.05, 3.63) is 71.8 Å². The highest BCUT2D eigenvalue weighted by atomic mass is 28.4. The molecule has 0 fully saturated rings. The van der Waals surface area contributed by atoms with Crippen molar-refractivity contribution in [1.82, 2.24) is 0 Å². The van der Waals surface area contributed by atoms with Crippen molar-refractivity contribution in [2.45, 2.75) is 51.1 Å². The summed E-state index contributed by atoms with van der Waals surface area (Å²) in [5.41, 5.74) is 2.71. The number of carbonyl (C=O) groups is 1. The normalized spacial score (nSPS) is 12.2. The zero-order valence-electron chi connectivity index (χ0n) is 15.5. The molecule has 0 N–H and O–H groups in total. The van der Waals surface area contributed by atoms with Crippen LogP contribution in [0.1, 0.15) is 11.1 Å². The van der Waals surface area contributed by atoms with E-state index in [1.165, 1.54) is 11.1 Å². The predicted molar refractivity (Wildman–Crippen MR) is 110 cm³/mol. The maximum atomic E-state index is 13.3. The van der Waals surface area contributed by atoms with Crippen molar-refractivity contribution in [2.24, 2.45) is 0 Å². The lowest BCUT2D eigenvalue weighted by Crippen LogP contribution is -2.52. The zero-order valence-corrected chi connectivity index (χ0v) is 17.5. The van der Waals surface area contributed by atoms with Crippen LogP contribution in [-0.4, -0.2) is 21.2 Å². The Morgan fingerprint density at radius 2 is 1.00 bits per heavy atom. The largest absolute Gasteiger partial charge is 0.311 e. The van der Waals surface area contributed by atoms with Gasteiger partial charge in [-0.25, -0.2) is 0 Å². The Labute approximate surface area is 149 Å². The molecule has 0 spiro atoms. The molecule has 24 heavy (non-hydrogen) atoms. The Bertz CT molecular complexity index is 591. The number of hydrogen-bond donors (Lipinski definition) is 0. The molecule has 0 aliphatic heterocycles. The Morgan fingerprint density at radius 3 is 1.33 bits per heavy atom. The maximum absolute atomic E-state index is 13.3. The van der Waals surface area contributed by atoms with Crippen LogP contribution in [0.15, 0.2) is 60.7 Å². The van der Waals surface area contributed by atoms with Crippen LogP contribution in [-0.2, 0) is 12.8 Å². The van der Waals surface area contributed by atoms with E-state index in [4.69, 9.17) is 0 Å². The van der Waals surface area contributed by atoms with Gasteiger partial charge >= 0.3 is 0 Å². The standard InChI is InChI=1S/C21H30OSi2/c1-23(2,17-15-19-11-7-5-8-12-19)21(22)24(3,4)18-16-20-13-9-6-10-14-20/h5-14H,15-18H2,1-4H3. The van der Waals surface area contributed by atoms with Gasteiger partial charge in [-0.05, 0) is 36.1 Å². The van der Waals surface area contributed by atoms with Crippen LogP contribution in [0.2, 0.25) is 38.3 Å². The minimum Gasteiger partial charge on any atom is -0.311 e. The van der Waals surface area contributed by atoms with Gasteiger partial charge in [-0.15, -0.1) is 0 Å². The van der Waals surface area contributed by atoms with Gasteiger partial charge in [-0.3, -0.25) is 0 Å². The lowest BCUT2D eigenvalue weighted by Gasteiger charge is -2.31. The number of hydrogen-bond acceptors (Lipinski definition) is 1. The van der Waals surface area contributed by atoms with E-state index in [0.29, 0.717) is 5.03 Å². The molecule has 2 aromatic carbocycles. The predicted octanol–water partition coefficient (Wildman–Crippen LogP) is 6.17. The van der Waals surface area contributed by atoms with E-state index in [2.05, 4.69) is 86.9 Å². The molecule has 0 aromatic heterocycles. The topological polar surface area (TPSA) is 17.1 Å². The third-order valence-electron chi connectivity index (χ3n) is 4.99. The fourth-order valence-electron chi connectivity index (χ4n) is 3.35. The van der Waals surface area contributed by atoms with Gasteiger partial charge in [0.1, 0.15) is 16.1 Å². The van der Waals surface area contributed by atoms with E-state index >= 15 is 0 Å². The minimum atomic E-state index is -1.84. The Hall–Kier alpha value is -1.46. The van der Waals surface area contributed by atoms with Crippen molar-refractivity contribution >= 4 is 21.2 Å². The lowest BCUT2D eigenvalue weighted by molar-refractivity contribution is 0.271. The highest BCUT2D eigenvalue weighted by Crippen LogP contribution is 2.25. The first-order valence-corrected chi connectivity index (χ1v) is 15.4. The summed E-state index contributed by atoms with van der Waals surface area (Å²) in [4.78, 5) is 13.3. The third-order valence-corrected chi connectivity index (χ3v) is 14.5. The van der Waals surface area contributed by atoms with Crippen LogP contribution in [0.5, 0.6) is 0 Å². The quantitative estimate of drug-likeness (QED) is 0.518. The average Bonchev–Trinajstić information content (AvgIpc) is 2.59. The Balaban J connectivity index is 1.96. The number of benzene rings is 2. The SMILES string of the molecule is C[Si](C)(CCc1ccccc1)C(=O)[Si](C)(C)CCc1ccccc1. The second-order valence-corrected chi connectivity index (χ2v) is 18.0. The number of carbonyl (C=O) groups excluding carboxylic acids is 1. The van der Waals surface area contributed by atoms with Gasteiger partial charge in [-0.1, -0.05) is 86.9 Å². The van der Waals surface area contributed by atoms with Crippen LogP contribution in [0, 0.1) is 0 Å². The summed E-state index contributed by atoms with van der Waals surface area (Å²) < 4.78 is 0. The molecule has 0 saturated carbocycles. The molecule has 0 radical (unpaired) electrons. The van der Waals surface area contributed by atoms with E-state index in [1.807, 2.05) is 0 Å². The van der Waals surface area contributed by atoms with Gasteiger partial charge in [0.15, 0.2) is 0 Å². The first-order valence-electron chi connectivity index (χ1n) is 8.94. The smallest absolute Gasteiger partial charge is 0.121 e. The molecular formula is C21H30OSi2. The molecule has 3 heteroatoms. The maximum Gasteiger partial charge on any atom is 0.121 e. The van der Waals surface area contributed by atoms with Crippen molar-refractivity contribution in [2.75, 3.05) is 0 Å². The Kier molecular flexibility index (Phi) is 6.36. The fraction of sp³-hybridized carbons (Fsp3) is 0.381. The monoisotopic (exact) mass is 354 g/mol. The molecule has 0 unspecified atom stereocenters. The van der Waals surface area contributed by atoms with Crippen LogP contribution < -0.4 is 0 Å². The minimum absolute atomic E-state index is 0.655. The van der Waals surface area contributed by atoms with Crippen LogP contribution in [0.3, 0.4) is 0 Å². The molecular weight excluding hydrogens is 324 g/mol. The molecule has 1 nitrogen and oxygen atoms in total. The van der Waals surface area contributed by atoms with Gasteiger partial charge in [0.05, 0.1) is 5.03 Å². The molecule has 0 saturated heterocycles. The zero-order chi connectivity index (χ0) is 17.6. The number of aryl methyl sites for hydroxylation is 2. The summed E-state index contributed by atoms with van der Waals surface area (Å²) in [5.74, 6) is 0. The molecule has 0 aliphatic rings. The van der Waals surface area contributed by atoms with Crippen LogP contribution >= 0.6 is 0 Å². The van der Waals surface area contributed by atoms with Crippen LogP contribution in [0.25, 0.3) is 0 Å². The van der Waals surface area contributed by atoms with Gasteiger partial charge in [0, 0.05) is 0 Å². The molecule has 0 bridgehead atoms. The summed E-state index contributed by atoms with van der Waals surface area (Å²) >= 11 is 0. The first-order chi connectivity index (χ1) is 11.3. The number of rotatable bonds is 8. The molecule has 0 heterocycles. The molecule has 2 aromatic rings. The van der Waals surface area contributed by atoms with Crippen molar-refractivity contribution in [3.63, 3.8) is 0 Å². The summed E-state index contributed by atoms with van der Waals surface area (Å²) in [7, 11) is -3.68. The lowest BCUT2D eigenvalue weighted by atomic mass is 10.2. The van der Waals surface area contributed by atoms with E-state index in [-0.39, 0.29) is 0 Å². The van der Waals surface area contributed by atoms with E-state index in [9.17, 15) is 4.79 Å². The molecule has 0 amide bonds. The van der Waals surface area contributed by atoms with Gasteiger partial charge in [0.25, 0.3) is 0 Å². The molecule has 128 valence electrons. The van der Waals surface area contributed by atoms with E-state index < -0.39 is 16.1 Å². The Morgan fingerprint density at radius 1 is 0.667 bits per heavy atom. The van der Waals surface area contributed by atoms with Gasteiger partial charge < -0.3 is 4.79 Å². The summed E-state index contributed by atoms with van der Waals surface area (Å²) in [6, 6.07) is 23.3. The fourth-order valence-corrected chi connectivity index (χ4v) is 13.7. The summed E-state index contributed by atoms with van der Waals surface area (Å²) in [5, 5.41) is 0.655. The van der Waals surface area contributed by atoms with Crippen molar-refractivity contribution in [1.29, 1.82) is 0 Å². The van der Waals surface area contributed by atoms with Gasteiger partial charge in [-0.2, -0.15) is 0 Å². The summed E-state index contributed by atoms with van der Waals surface area (Å²) in [6.45, 7) is 9.09. The second kappa shape index (κ2) is 8.08. The van der Waals surface area contributed by atoms with Crippen molar-refractivity contribution < 1.29 is 4.79 Å². The highest BCUT2D eigenvalue weighted by Gasteiger charge is 2.41. The molecule has 0 atom stereocenters. The molecule has 0 aliphatic carbocycles. The van der Waals surface area contributed by atoms with Crippen LogP contribution in [0.4, 0.5) is 4.79 Å². The van der Waals surface area contributed by atoms with E-state index in [0.717, 1.165) is 24.9 Å². The molecule has 2 rings (SSSR count). The third kappa shape index (κ3) is 5.28. The van der Waals surface area contributed by atoms with E-state index in [1.54, 1.807) is 0 Å². The average molecular weight is 355 g/mol. The van der Waals surface area contributed by atoms with Crippen molar-refractivity contribution in [3.8, 4) is 0 Å². The summed E-state index contributed by atoms with van der Waals surface area (Å²) in [6.07, 6.45) is 2.07. The first kappa shape index (κ1) is 18.9. The highest BCUT2D eigenvalue weighted by molar-refractivity contribution is 7.31.